The zero-order valence-corrected chi connectivity index (χ0v) is 20.6. The minimum absolute atomic E-state index is 0.0277. The average molecular weight is 481 g/mol. The molecular weight excluding hydrogens is 448 g/mol. The maximum absolute atomic E-state index is 13.3. The summed E-state index contributed by atoms with van der Waals surface area (Å²) in [5, 5.41) is 4.13. The van der Waals surface area contributed by atoms with E-state index in [1.807, 2.05) is 42.3 Å². The van der Waals surface area contributed by atoms with Gasteiger partial charge in [0.1, 0.15) is 0 Å². The number of piperidine rings is 1. The van der Waals surface area contributed by atoms with Crippen LogP contribution in [0, 0.1) is 12.8 Å². The molecule has 4 heterocycles. The number of amides is 2. The molecule has 180 valence electrons. The Bertz CT molecular complexity index is 1090. The topological polar surface area (TPSA) is 72.5 Å². The van der Waals surface area contributed by atoms with Gasteiger partial charge in [-0.3, -0.25) is 9.88 Å². The number of carbonyl (C=O) groups excluding carboxylic acids is 1. The minimum Gasteiger partial charge on any atom is -0.334 e. The average Bonchev–Trinajstić information content (AvgIpc) is 3.23. The Morgan fingerprint density at radius 2 is 2.12 bits per heavy atom. The van der Waals surface area contributed by atoms with Crippen molar-refractivity contribution in [3.63, 3.8) is 0 Å². The molecule has 2 amide bonds. The normalized spacial score (nSPS) is 25.1. The molecular formula is C26H33ClN6O. The highest BCUT2D eigenvalue weighted by molar-refractivity contribution is 6.31. The summed E-state index contributed by atoms with van der Waals surface area (Å²) in [4.78, 5) is 22.0. The summed E-state index contributed by atoms with van der Waals surface area (Å²) in [5.41, 5.74) is 12.5. The molecule has 0 aliphatic carbocycles. The maximum atomic E-state index is 13.3. The smallest absolute Gasteiger partial charge is 0.317 e. The maximum Gasteiger partial charge on any atom is 0.317 e. The van der Waals surface area contributed by atoms with Gasteiger partial charge in [-0.05, 0) is 54.2 Å². The first-order valence-electron chi connectivity index (χ1n) is 12.1. The van der Waals surface area contributed by atoms with Crippen LogP contribution < -0.4 is 16.2 Å². The number of urea groups is 1. The zero-order valence-electron chi connectivity index (χ0n) is 19.9. The van der Waals surface area contributed by atoms with Gasteiger partial charge in [0.2, 0.25) is 0 Å². The van der Waals surface area contributed by atoms with Crippen LogP contribution in [0.25, 0.3) is 0 Å². The lowest BCUT2D eigenvalue weighted by atomic mass is 9.95. The number of halogens is 1. The van der Waals surface area contributed by atoms with E-state index in [2.05, 4.69) is 45.1 Å². The number of hydrogen-bond acceptors (Lipinski definition) is 5. The van der Waals surface area contributed by atoms with Crippen LogP contribution in [0.5, 0.6) is 0 Å². The van der Waals surface area contributed by atoms with Crippen molar-refractivity contribution in [1.82, 2.24) is 31.0 Å². The van der Waals surface area contributed by atoms with Crippen molar-refractivity contribution in [2.75, 3.05) is 26.2 Å². The molecule has 0 spiro atoms. The number of nitrogens with one attached hydrogen (secondary N) is 3. The molecule has 1 fully saturated rings. The van der Waals surface area contributed by atoms with Crippen molar-refractivity contribution >= 4 is 17.6 Å². The van der Waals surface area contributed by atoms with Crippen molar-refractivity contribution < 1.29 is 4.79 Å². The molecule has 1 aromatic carbocycles. The van der Waals surface area contributed by atoms with Gasteiger partial charge in [0.05, 0.1) is 6.04 Å². The molecule has 3 atom stereocenters. The van der Waals surface area contributed by atoms with E-state index in [0.29, 0.717) is 19.0 Å². The second kappa shape index (κ2) is 9.94. The number of likely N-dealkylation sites (tertiary alicyclic amines) is 1. The van der Waals surface area contributed by atoms with Crippen LogP contribution in [0.15, 0.2) is 53.9 Å². The number of aromatic nitrogens is 1. The lowest BCUT2D eigenvalue weighted by Gasteiger charge is -2.38. The Morgan fingerprint density at radius 3 is 2.94 bits per heavy atom. The SMILES string of the molecule is Cc1cc(C2NNC3=C2CN(C(=O)NC2CC(C)CN(Cc4ccccc4Cl)C2)CC3)ccn1. The second-order valence-corrected chi connectivity index (χ2v) is 10.3. The Labute approximate surface area is 206 Å². The lowest BCUT2D eigenvalue weighted by Crippen LogP contribution is -2.54. The van der Waals surface area contributed by atoms with E-state index >= 15 is 0 Å². The molecule has 7 nitrogen and oxygen atoms in total. The molecule has 3 aliphatic heterocycles. The molecule has 3 unspecified atom stereocenters. The quantitative estimate of drug-likeness (QED) is 0.621. The van der Waals surface area contributed by atoms with Crippen molar-refractivity contribution in [3.05, 3.63) is 75.7 Å². The van der Waals surface area contributed by atoms with Gasteiger partial charge in [-0.25, -0.2) is 10.2 Å². The molecule has 34 heavy (non-hydrogen) atoms. The van der Waals surface area contributed by atoms with E-state index in [0.717, 1.165) is 48.8 Å². The highest BCUT2D eigenvalue weighted by atomic mass is 35.5. The fourth-order valence-corrected chi connectivity index (χ4v) is 5.67. The summed E-state index contributed by atoms with van der Waals surface area (Å²) in [7, 11) is 0. The van der Waals surface area contributed by atoms with E-state index in [4.69, 9.17) is 11.6 Å². The Balaban J connectivity index is 1.22. The van der Waals surface area contributed by atoms with Crippen LogP contribution in [0.4, 0.5) is 4.79 Å². The number of hydrogen-bond donors (Lipinski definition) is 3. The fraction of sp³-hybridized carbons (Fsp3) is 0.462. The van der Waals surface area contributed by atoms with E-state index in [9.17, 15) is 4.79 Å². The van der Waals surface area contributed by atoms with Gasteiger partial charge in [-0.2, -0.15) is 0 Å². The molecule has 1 aromatic heterocycles. The van der Waals surface area contributed by atoms with E-state index in [1.54, 1.807) is 0 Å². The van der Waals surface area contributed by atoms with Gasteiger partial charge < -0.3 is 15.6 Å². The third-order valence-electron chi connectivity index (χ3n) is 7.05. The number of benzene rings is 1. The van der Waals surface area contributed by atoms with Crippen molar-refractivity contribution in [3.8, 4) is 0 Å². The van der Waals surface area contributed by atoms with Crippen LogP contribution in [-0.2, 0) is 6.54 Å². The first-order chi connectivity index (χ1) is 16.5. The Morgan fingerprint density at radius 1 is 1.26 bits per heavy atom. The second-order valence-electron chi connectivity index (χ2n) is 9.88. The molecule has 0 saturated carbocycles. The Hall–Kier alpha value is -2.61. The van der Waals surface area contributed by atoms with Gasteiger partial charge in [-0.1, -0.05) is 36.7 Å². The molecule has 2 aromatic rings. The first-order valence-corrected chi connectivity index (χ1v) is 12.5. The third kappa shape index (κ3) is 5.06. The van der Waals surface area contributed by atoms with Crippen molar-refractivity contribution in [1.29, 1.82) is 0 Å². The molecule has 3 aliphatic rings. The van der Waals surface area contributed by atoms with Crippen molar-refractivity contribution in [2.24, 2.45) is 5.92 Å². The molecule has 5 rings (SSSR count). The standard InChI is InChI=1S/C26H33ClN6O/c1-17-11-21(15-32(13-17)14-20-5-3-4-6-23(20)27)29-26(34)33-10-8-24-22(16-33)25(31-30-24)19-7-9-28-18(2)12-19/h3-7,9,12,17,21,25,30-31H,8,10-11,13-16H2,1-2H3,(H,29,34). The highest BCUT2D eigenvalue weighted by Crippen LogP contribution is 2.32. The molecule has 1 saturated heterocycles. The van der Waals surface area contributed by atoms with Crippen molar-refractivity contribution in [2.45, 2.75) is 45.3 Å². The number of hydrazine groups is 1. The van der Waals surface area contributed by atoms with Gasteiger partial charge in [0.25, 0.3) is 0 Å². The van der Waals surface area contributed by atoms with E-state index in [1.165, 1.54) is 16.8 Å². The Kier molecular flexibility index (Phi) is 6.77. The number of pyridine rings is 1. The third-order valence-corrected chi connectivity index (χ3v) is 7.42. The van der Waals surface area contributed by atoms with Crippen LogP contribution >= 0.6 is 11.6 Å². The van der Waals surface area contributed by atoms with Crippen LogP contribution in [-0.4, -0.2) is 53.0 Å². The minimum atomic E-state index is 0.0277. The zero-order chi connectivity index (χ0) is 23.7. The molecule has 0 bridgehead atoms. The van der Waals surface area contributed by atoms with Crippen LogP contribution in [0.2, 0.25) is 5.02 Å². The largest absolute Gasteiger partial charge is 0.334 e. The summed E-state index contributed by atoms with van der Waals surface area (Å²) >= 11 is 6.39. The highest BCUT2D eigenvalue weighted by Gasteiger charge is 2.34. The van der Waals surface area contributed by atoms with E-state index < -0.39 is 0 Å². The number of rotatable bonds is 4. The van der Waals surface area contributed by atoms with Gasteiger partial charge in [0, 0.05) is 67.8 Å². The van der Waals surface area contributed by atoms with Crippen LogP contribution in [0.1, 0.15) is 42.6 Å². The molecule has 3 N–H and O–H groups in total. The summed E-state index contributed by atoms with van der Waals surface area (Å²) in [5.74, 6) is 0.514. The van der Waals surface area contributed by atoms with Gasteiger partial charge in [0.15, 0.2) is 0 Å². The predicted molar refractivity (Wildman–Crippen MR) is 134 cm³/mol. The summed E-state index contributed by atoms with van der Waals surface area (Å²) < 4.78 is 0. The fourth-order valence-electron chi connectivity index (χ4n) is 5.48. The monoisotopic (exact) mass is 480 g/mol. The lowest BCUT2D eigenvalue weighted by molar-refractivity contribution is 0.136. The number of nitrogens with zero attached hydrogens (tertiary/aromatic N) is 3. The van der Waals surface area contributed by atoms with Gasteiger partial charge in [-0.15, -0.1) is 0 Å². The van der Waals surface area contributed by atoms with Gasteiger partial charge >= 0.3 is 6.03 Å². The first kappa shape index (κ1) is 23.1. The number of aryl methyl sites for hydroxylation is 1. The summed E-state index contributed by atoms with van der Waals surface area (Å²) in [6, 6.07) is 12.4. The summed E-state index contributed by atoms with van der Waals surface area (Å²) in [6.07, 6.45) is 3.67. The van der Waals surface area contributed by atoms with E-state index in [-0.39, 0.29) is 18.1 Å². The molecule has 8 heteroatoms. The van der Waals surface area contributed by atoms with Crippen LogP contribution in [0.3, 0.4) is 0 Å². The number of carbonyl (C=O) groups is 1. The predicted octanol–water partition coefficient (Wildman–Crippen LogP) is 3.77. The molecule has 0 radical (unpaired) electrons. The summed E-state index contributed by atoms with van der Waals surface area (Å²) in [6.45, 7) is 8.26.